The fraction of sp³-hybridized carbons (Fsp3) is 0.200. The maximum Gasteiger partial charge on any atom is 0.196 e. The molecule has 4 rings (SSSR count). The van der Waals surface area contributed by atoms with Crippen molar-refractivity contribution in [3.63, 3.8) is 0 Å². The summed E-state index contributed by atoms with van der Waals surface area (Å²) >= 11 is 7.77. The maximum atomic E-state index is 6.09. The van der Waals surface area contributed by atoms with Crippen LogP contribution in [-0.2, 0) is 5.75 Å². The zero-order valence-corrected chi connectivity index (χ0v) is 15.9. The monoisotopic (exact) mass is 367 g/mol. The smallest absolute Gasteiger partial charge is 0.196 e. The Morgan fingerprint density at radius 1 is 1.00 bits per heavy atom. The maximum absolute atomic E-state index is 6.09. The molecule has 25 heavy (non-hydrogen) atoms. The van der Waals surface area contributed by atoms with E-state index in [1.54, 1.807) is 11.8 Å². The van der Waals surface area contributed by atoms with Gasteiger partial charge in [0.15, 0.2) is 10.8 Å². The molecule has 126 valence electrons. The van der Waals surface area contributed by atoms with Crippen LogP contribution in [0, 0.1) is 20.8 Å². The number of nitrogens with zero attached hydrogens (tertiary/aromatic N) is 3. The quantitative estimate of drug-likeness (QED) is 0.431. The molecule has 2 heterocycles. The third-order valence-corrected chi connectivity index (χ3v) is 5.59. The Hall–Kier alpha value is -2.04. The summed E-state index contributed by atoms with van der Waals surface area (Å²) in [5.74, 6) is 0.807. The average molecular weight is 368 g/mol. The largest absolute Gasteiger partial charge is 0.270 e. The minimum atomic E-state index is 0.761. The molecule has 4 aromatic rings. The number of aromatic nitrogens is 3. The van der Waals surface area contributed by atoms with Crippen LogP contribution in [0.2, 0.25) is 5.02 Å². The topological polar surface area (TPSA) is 30.2 Å². The van der Waals surface area contributed by atoms with Gasteiger partial charge in [-0.3, -0.25) is 4.40 Å². The Bertz CT molecular complexity index is 1100. The summed E-state index contributed by atoms with van der Waals surface area (Å²) in [6.07, 6.45) is 0. The summed E-state index contributed by atoms with van der Waals surface area (Å²) in [6, 6.07) is 14.5. The molecule has 2 aromatic carbocycles. The van der Waals surface area contributed by atoms with E-state index in [-0.39, 0.29) is 0 Å². The molecule has 0 aliphatic rings. The van der Waals surface area contributed by atoms with Crippen LogP contribution in [0.3, 0.4) is 0 Å². The van der Waals surface area contributed by atoms with Crippen molar-refractivity contribution in [2.24, 2.45) is 0 Å². The van der Waals surface area contributed by atoms with Crippen molar-refractivity contribution in [2.45, 2.75) is 31.7 Å². The van der Waals surface area contributed by atoms with Crippen LogP contribution in [-0.4, -0.2) is 14.6 Å². The summed E-state index contributed by atoms with van der Waals surface area (Å²) in [7, 11) is 0. The highest BCUT2D eigenvalue weighted by atomic mass is 35.5. The number of fused-ring (bicyclic) bond motifs is 3. The first-order valence-electron chi connectivity index (χ1n) is 8.16. The van der Waals surface area contributed by atoms with E-state index in [1.165, 1.54) is 33.2 Å². The highest BCUT2D eigenvalue weighted by Crippen LogP contribution is 2.30. The van der Waals surface area contributed by atoms with Crippen LogP contribution in [0.5, 0.6) is 0 Å². The van der Waals surface area contributed by atoms with Crippen LogP contribution < -0.4 is 0 Å². The molecule has 0 atom stereocenters. The summed E-state index contributed by atoms with van der Waals surface area (Å²) in [6.45, 7) is 6.42. The Kier molecular flexibility index (Phi) is 4.18. The Labute approximate surface area is 156 Å². The fourth-order valence-electron chi connectivity index (χ4n) is 3.28. The molecule has 0 aliphatic heterocycles. The van der Waals surface area contributed by atoms with Crippen molar-refractivity contribution < 1.29 is 0 Å². The lowest BCUT2D eigenvalue weighted by Gasteiger charge is -2.11. The lowest BCUT2D eigenvalue weighted by Crippen LogP contribution is -1.96. The highest BCUT2D eigenvalue weighted by molar-refractivity contribution is 7.98. The summed E-state index contributed by atoms with van der Waals surface area (Å²) < 4.78 is 2.17. The first-order valence-corrected chi connectivity index (χ1v) is 9.52. The Balaban J connectivity index is 1.84. The third-order valence-electron chi connectivity index (χ3n) is 4.35. The van der Waals surface area contributed by atoms with E-state index in [4.69, 9.17) is 11.6 Å². The minimum absolute atomic E-state index is 0.761. The van der Waals surface area contributed by atoms with Crippen molar-refractivity contribution in [1.82, 2.24) is 14.6 Å². The lowest BCUT2D eigenvalue weighted by atomic mass is 10.0. The molecule has 0 aliphatic carbocycles. The van der Waals surface area contributed by atoms with Gasteiger partial charge in [-0.25, -0.2) is 0 Å². The van der Waals surface area contributed by atoms with Crippen LogP contribution in [0.1, 0.15) is 22.3 Å². The predicted octanol–water partition coefficient (Wildman–Crippen LogP) is 5.75. The lowest BCUT2D eigenvalue weighted by molar-refractivity contribution is 0.937. The molecule has 5 heteroatoms. The first kappa shape index (κ1) is 16.4. The number of rotatable bonds is 3. The number of aryl methyl sites for hydroxylation is 3. The minimum Gasteiger partial charge on any atom is -0.270 e. The van der Waals surface area contributed by atoms with E-state index in [1.807, 2.05) is 18.2 Å². The van der Waals surface area contributed by atoms with Crippen LogP contribution in [0.25, 0.3) is 16.6 Å². The van der Waals surface area contributed by atoms with Crippen molar-refractivity contribution in [3.8, 4) is 0 Å². The molecule has 3 nitrogen and oxygen atoms in total. The van der Waals surface area contributed by atoms with Gasteiger partial charge in [0, 0.05) is 16.2 Å². The third kappa shape index (κ3) is 3.00. The van der Waals surface area contributed by atoms with E-state index in [2.05, 4.69) is 59.6 Å². The predicted molar refractivity (Wildman–Crippen MR) is 106 cm³/mol. The fourth-order valence-corrected chi connectivity index (χ4v) is 4.38. The molecule has 0 fully saturated rings. The van der Waals surface area contributed by atoms with Gasteiger partial charge in [-0.1, -0.05) is 47.1 Å². The molecular formula is C20H18ClN3S. The Morgan fingerprint density at radius 3 is 2.64 bits per heavy atom. The van der Waals surface area contributed by atoms with Gasteiger partial charge in [-0.2, -0.15) is 0 Å². The molecule has 0 saturated carbocycles. The second-order valence-corrected chi connectivity index (χ2v) is 7.78. The average Bonchev–Trinajstić information content (AvgIpc) is 2.95. The van der Waals surface area contributed by atoms with Gasteiger partial charge in [0.25, 0.3) is 0 Å². The molecule has 0 saturated heterocycles. The molecule has 0 spiro atoms. The van der Waals surface area contributed by atoms with E-state index >= 15 is 0 Å². The SMILES string of the molecule is Cc1cc(C)c2c(c1)c(C)cc1nnc(SCc3cccc(Cl)c3)n12. The molecule has 0 N–H and O–H groups in total. The zero-order chi connectivity index (χ0) is 17.6. The van der Waals surface area contributed by atoms with Crippen LogP contribution in [0.4, 0.5) is 0 Å². The van der Waals surface area contributed by atoms with Gasteiger partial charge in [0.05, 0.1) is 5.52 Å². The van der Waals surface area contributed by atoms with Gasteiger partial charge >= 0.3 is 0 Å². The summed E-state index contributed by atoms with van der Waals surface area (Å²) in [5, 5.41) is 11.7. The van der Waals surface area contributed by atoms with Crippen LogP contribution >= 0.6 is 23.4 Å². The number of benzene rings is 2. The molecule has 0 bridgehead atoms. The number of halogens is 1. The van der Waals surface area contributed by atoms with E-state index in [0.29, 0.717) is 0 Å². The number of thioether (sulfide) groups is 1. The number of hydrogen-bond donors (Lipinski definition) is 0. The highest BCUT2D eigenvalue weighted by Gasteiger charge is 2.14. The number of hydrogen-bond acceptors (Lipinski definition) is 3. The second kappa shape index (κ2) is 6.36. The van der Waals surface area contributed by atoms with Gasteiger partial charge in [-0.15, -0.1) is 10.2 Å². The molecule has 0 unspecified atom stereocenters. The van der Waals surface area contributed by atoms with Gasteiger partial charge in [0.2, 0.25) is 0 Å². The zero-order valence-electron chi connectivity index (χ0n) is 14.4. The Morgan fingerprint density at radius 2 is 1.84 bits per heavy atom. The molecule has 0 amide bonds. The molecule has 0 radical (unpaired) electrons. The summed E-state index contributed by atoms with van der Waals surface area (Å²) in [4.78, 5) is 0. The van der Waals surface area contributed by atoms with Crippen molar-refractivity contribution in [1.29, 1.82) is 0 Å². The van der Waals surface area contributed by atoms with Gasteiger partial charge in [0.1, 0.15) is 0 Å². The van der Waals surface area contributed by atoms with Gasteiger partial charge < -0.3 is 0 Å². The normalized spacial score (nSPS) is 11.5. The van der Waals surface area contributed by atoms with Crippen molar-refractivity contribution in [3.05, 3.63) is 69.7 Å². The molecular weight excluding hydrogens is 350 g/mol. The van der Waals surface area contributed by atoms with Crippen molar-refractivity contribution in [2.75, 3.05) is 0 Å². The first-order chi connectivity index (χ1) is 12.0. The van der Waals surface area contributed by atoms with E-state index in [9.17, 15) is 0 Å². The van der Waals surface area contributed by atoms with E-state index in [0.717, 1.165) is 21.6 Å². The van der Waals surface area contributed by atoms with Crippen LogP contribution in [0.15, 0.2) is 47.6 Å². The standard InChI is InChI=1S/C20H18ClN3S/c1-12-7-14(3)19-17(8-12)13(2)9-18-22-23-20(24(18)19)25-11-15-5-4-6-16(21)10-15/h4-10H,11H2,1-3H3. The molecule has 2 aromatic heterocycles. The van der Waals surface area contributed by atoms with Gasteiger partial charge in [-0.05, 0) is 61.7 Å². The van der Waals surface area contributed by atoms with E-state index < -0.39 is 0 Å². The second-order valence-electron chi connectivity index (χ2n) is 6.40. The van der Waals surface area contributed by atoms with Crippen molar-refractivity contribution >= 4 is 39.9 Å². The summed E-state index contributed by atoms with van der Waals surface area (Å²) in [5.41, 5.74) is 7.01. The number of pyridine rings is 1.